The molecule has 0 unspecified atom stereocenters. The number of carbonyl (C=O) groups is 3. The molecule has 2 aliphatic heterocycles. The first-order chi connectivity index (χ1) is 17.7. The van der Waals surface area contributed by atoms with Crippen molar-refractivity contribution in [1.29, 1.82) is 0 Å². The molecule has 192 valence electrons. The predicted octanol–water partition coefficient (Wildman–Crippen LogP) is 0.833. The summed E-state index contributed by atoms with van der Waals surface area (Å²) in [5, 5.41) is 17.9. The first-order valence-electron chi connectivity index (χ1n) is 11.4. The van der Waals surface area contributed by atoms with Crippen LogP contribution in [0.5, 0.6) is 0 Å². The van der Waals surface area contributed by atoms with Gasteiger partial charge in [0.25, 0.3) is 17.5 Å². The Morgan fingerprint density at radius 3 is 2.89 bits per heavy atom. The molecule has 37 heavy (non-hydrogen) atoms. The van der Waals surface area contributed by atoms with Gasteiger partial charge in [0.05, 0.1) is 6.20 Å². The number of imidazole rings is 1. The Morgan fingerprint density at radius 1 is 1.38 bits per heavy atom. The Kier molecular flexibility index (Phi) is 6.60. The molecule has 0 aliphatic carbocycles. The summed E-state index contributed by atoms with van der Waals surface area (Å²) in [4.78, 5) is 49.1. The summed E-state index contributed by atoms with van der Waals surface area (Å²) in [5.74, 6) is -1.96. The molecular weight excluding hydrogens is 518 g/mol. The number of thiazole rings is 1. The number of anilines is 1. The Morgan fingerprint density at radius 2 is 2.19 bits per heavy atom. The van der Waals surface area contributed by atoms with Crippen LogP contribution in [0.25, 0.3) is 5.65 Å². The number of pyridine rings is 1. The summed E-state index contributed by atoms with van der Waals surface area (Å²) in [6.07, 6.45) is 5.37. The van der Waals surface area contributed by atoms with Crippen LogP contribution in [0.1, 0.15) is 19.5 Å². The molecule has 3 aromatic rings. The van der Waals surface area contributed by atoms with Crippen LogP contribution in [0.3, 0.4) is 0 Å². The van der Waals surface area contributed by atoms with Crippen LogP contribution in [-0.4, -0.2) is 66.2 Å². The van der Waals surface area contributed by atoms with E-state index in [0.717, 1.165) is 17.0 Å². The zero-order valence-electron chi connectivity index (χ0n) is 19.9. The van der Waals surface area contributed by atoms with Gasteiger partial charge in [-0.05, 0) is 19.9 Å². The maximum absolute atomic E-state index is 13.1. The third-order valence-electron chi connectivity index (χ3n) is 5.80. The second-order valence-electron chi connectivity index (χ2n) is 8.68. The average molecular weight is 543 g/mol. The summed E-state index contributed by atoms with van der Waals surface area (Å²) in [6, 6.07) is 4.82. The molecule has 1 saturated heterocycles. The zero-order chi connectivity index (χ0) is 26.3. The highest BCUT2D eigenvalue weighted by Crippen LogP contribution is 2.40. The van der Waals surface area contributed by atoms with E-state index in [-0.39, 0.29) is 28.3 Å². The number of aromatic nitrogens is 3. The molecule has 5 rings (SSSR count). The summed E-state index contributed by atoms with van der Waals surface area (Å²) in [7, 11) is 0. The summed E-state index contributed by atoms with van der Waals surface area (Å²) in [6.45, 7) is 3.83. The fourth-order valence-electron chi connectivity index (χ4n) is 4.16. The molecule has 3 aromatic heterocycles. The number of β-lactam (4-membered cyclic amide) rings is 1. The monoisotopic (exact) mass is 542 g/mol. The summed E-state index contributed by atoms with van der Waals surface area (Å²) in [5.41, 5.74) is 7.28. The van der Waals surface area contributed by atoms with E-state index < -0.39 is 29.2 Å². The van der Waals surface area contributed by atoms with E-state index in [1.54, 1.807) is 19.2 Å². The van der Waals surface area contributed by atoms with Gasteiger partial charge in [-0.3, -0.25) is 14.5 Å². The van der Waals surface area contributed by atoms with Gasteiger partial charge in [-0.15, -0.1) is 23.1 Å². The molecule has 12 nitrogen and oxygen atoms in total. The molecule has 5 heterocycles. The van der Waals surface area contributed by atoms with E-state index in [0.29, 0.717) is 17.9 Å². The number of fused-ring (bicyclic) bond motifs is 2. The van der Waals surface area contributed by atoms with E-state index in [1.807, 2.05) is 45.8 Å². The van der Waals surface area contributed by atoms with E-state index in [2.05, 4.69) is 15.5 Å². The van der Waals surface area contributed by atoms with Gasteiger partial charge in [0.2, 0.25) is 0 Å². The first kappa shape index (κ1) is 24.8. The van der Waals surface area contributed by atoms with Crippen molar-refractivity contribution >= 4 is 57.4 Å². The van der Waals surface area contributed by atoms with Crippen molar-refractivity contribution < 1.29 is 28.9 Å². The number of hydrogen-bond acceptors (Lipinski definition) is 9. The van der Waals surface area contributed by atoms with Crippen LogP contribution in [0.15, 0.2) is 58.6 Å². The molecule has 2 atom stereocenters. The van der Waals surface area contributed by atoms with Gasteiger partial charge in [0.1, 0.15) is 47.8 Å². The number of thioether (sulfide) groups is 1. The third-order valence-corrected chi connectivity index (χ3v) is 7.81. The van der Waals surface area contributed by atoms with Gasteiger partial charge in [-0.25, -0.2) is 18.7 Å². The smallest absolute Gasteiger partial charge is 0.352 e. The molecule has 4 N–H and O–H groups in total. The Hall–Kier alpha value is -3.91. The number of nitrogens with two attached hydrogens (primary N) is 1. The SMILES string of the molecule is CC(C)ON=C(C(=O)N[C@@H]1C(=O)N2C(C(=O)O)=C(C[n+]3ccn4ccccc43)CS[C@@H]12)c1csc(N)n1. The van der Waals surface area contributed by atoms with Gasteiger partial charge >= 0.3 is 5.97 Å². The number of rotatable bonds is 8. The second kappa shape index (κ2) is 9.86. The highest BCUT2D eigenvalue weighted by Gasteiger charge is 2.54. The summed E-state index contributed by atoms with van der Waals surface area (Å²) < 4.78 is 3.86. The number of carbonyl (C=O) groups excluding carboxylic acids is 2. The van der Waals surface area contributed by atoms with Crippen molar-refractivity contribution in [3.05, 3.63) is 59.1 Å². The van der Waals surface area contributed by atoms with Gasteiger partial charge in [0, 0.05) is 22.8 Å². The second-order valence-corrected chi connectivity index (χ2v) is 10.7. The molecule has 0 saturated carbocycles. The van der Waals surface area contributed by atoms with Crippen LogP contribution in [0.2, 0.25) is 0 Å². The normalized spacial score (nSPS) is 19.7. The van der Waals surface area contributed by atoms with Crippen molar-refractivity contribution in [3.63, 3.8) is 0 Å². The number of amides is 2. The van der Waals surface area contributed by atoms with E-state index in [4.69, 9.17) is 10.6 Å². The van der Waals surface area contributed by atoms with E-state index in [9.17, 15) is 19.5 Å². The lowest BCUT2D eigenvalue weighted by Gasteiger charge is -2.49. The van der Waals surface area contributed by atoms with Crippen molar-refractivity contribution in [1.82, 2.24) is 19.6 Å². The van der Waals surface area contributed by atoms with Crippen LogP contribution < -0.4 is 15.6 Å². The molecule has 0 spiro atoms. The Balaban J connectivity index is 1.37. The molecule has 0 bridgehead atoms. The number of carboxylic acids is 1. The molecular formula is C23H24N7O5S2+. The van der Waals surface area contributed by atoms with Crippen LogP contribution >= 0.6 is 23.1 Å². The number of carboxylic acid groups (broad SMARTS) is 1. The van der Waals surface area contributed by atoms with Crippen LogP contribution in [0.4, 0.5) is 5.13 Å². The maximum atomic E-state index is 13.1. The highest BCUT2D eigenvalue weighted by atomic mass is 32.2. The minimum Gasteiger partial charge on any atom is -0.477 e. The van der Waals surface area contributed by atoms with Crippen molar-refractivity contribution in [3.8, 4) is 0 Å². The predicted molar refractivity (Wildman–Crippen MR) is 137 cm³/mol. The van der Waals surface area contributed by atoms with E-state index in [1.165, 1.54) is 16.7 Å². The molecule has 1 fully saturated rings. The van der Waals surface area contributed by atoms with Gasteiger partial charge < -0.3 is 21.0 Å². The summed E-state index contributed by atoms with van der Waals surface area (Å²) >= 11 is 2.54. The fraction of sp³-hybridized carbons (Fsp3) is 0.304. The van der Waals surface area contributed by atoms with E-state index >= 15 is 0 Å². The minimum atomic E-state index is -1.19. The largest absolute Gasteiger partial charge is 0.477 e. The standard InChI is InChI=1S/C23H23N7O5S2/c1-12(2)35-27-16(14-11-37-23(24)25-14)19(31)26-17-20(32)30-18(22(33)34)13(10-36-21(17)30)9-29-8-7-28-6-4-3-5-15(28)29/h3-8,11-12,17,21H,9-10H2,1-2H3,(H3-,24,25,26,31,33,34)/p+1/t17-,21+/m1/s1. The molecule has 0 radical (unpaired) electrons. The third kappa shape index (κ3) is 4.64. The lowest BCUT2D eigenvalue weighted by molar-refractivity contribution is -0.662. The quantitative estimate of drug-likeness (QED) is 0.164. The van der Waals surface area contributed by atoms with Gasteiger partial charge in [0.15, 0.2) is 10.8 Å². The first-order valence-corrected chi connectivity index (χ1v) is 13.3. The number of nitrogens with one attached hydrogen (secondary N) is 1. The fourth-order valence-corrected chi connectivity index (χ4v) is 6.04. The van der Waals surface area contributed by atoms with Crippen LogP contribution in [0, 0.1) is 0 Å². The van der Waals surface area contributed by atoms with Gasteiger partial charge in [-0.2, -0.15) is 0 Å². The lowest BCUT2D eigenvalue weighted by atomic mass is 10.0. The van der Waals surface area contributed by atoms with Crippen molar-refractivity contribution in [2.24, 2.45) is 5.16 Å². The zero-order valence-corrected chi connectivity index (χ0v) is 21.5. The minimum absolute atomic E-state index is 0.0497. The lowest BCUT2D eigenvalue weighted by Crippen LogP contribution is -2.71. The number of nitrogen functional groups attached to an aromatic ring is 1. The molecule has 2 amide bonds. The Labute approximate surface area is 219 Å². The molecule has 2 aliphatic rings. The average Bonchev–Trinajstić information content (AvgIpc) is 3.48. The van der Waals surface area contributed by atoms with Gasteiger partial charge in [-0.1, -0.05) is 11.2 Å². The molecule has 14 heteroatoms. The topological polar surface area (TPSA) is 156 Å². The number of oxime groups is 1. The number of hydrogen-bond donors (Lipinski definition) is 3. The van der Waals surface area contributed by atoms with Crippen molar-refractivity contribution in [2.45, 2.75) is 37.9 Å². The number of nitrogens with zero attached hydrogens (tertiary/aromatic N) is 5. The maximum Gasteiger partial charge on any atom is 0.352 e. The highest BCUT2D eigenvalue weighted by molar-refractivity contribution is 8.00. The Bertz CT molecular complexity index is 1460. The number of aliphatic carboxylic acids is 1. The van der Waals surface area contributed by atoms with Crippen molar-refractivity contribution in [2.75, 3.05) is 11.5 Å². The van der Waals surface area contributed by atoms with Crippen LogP contribution in [-0.2, 0) is 25.8 Å². The molecule has 0 aromatic carbocycles.